The number of hydrogen-bond acceptors (Lipinski definition) is 2. The fraction of sp³-hybridized carbons (Fsp3) is 1.00. The van der Waals surface area contributed by atoms with E-state index in [0.29, 0.717) is 0 Å². The second-order valence-corrected chi connectivity index (χ2v) is 1.56. The normalized spacial score (nSPS) is 18.0. The number of halogens is 2. The molecule has 4 heteroatoms. The van der Waals surface area contributed by atoms with Gasteiger partial charge < -0.3 is 0 Å². The molecule has 1 aliphatic rings. The second-order valence-electron chi connectivity index (χ2n) is 1.56. The van der Waals surface area contributed by atoms with E-state index in [1.807, 2.05) is 0 Å². The van der Waals surface area contributed by atoms with Crippen LogP contribution < -0.4 is 10.9 Å². The molecule has 1 aliphatic heterocycles. The fourth-order valence-electron chi connectivity index (χ4n) is 0.604. The summed E-state index contributed by atoms with van der Waals surface area (Å²) < 4.78 is 0. The van der Waals surface area contributed by atoms with Gasteiger partial charge in [0.2, 0.25) is 0 Å². The third-order valence-corrected chi connectivity index (χ3v) is 0.979. The highest BCUT2D eigenvalue weighted by Crippen LogP contribution is 1.85. The molecule has 0 bridgehead atoms. The largest absolute Gasteiger partial charge is 0.258 e. The minimum absolute atomic E-state index is 0. The molecule has 1 heterocycles. The summed E-state index contributed by atoms with van der Waals surface area (Å²) in [6.45, 7) is 2.28. The van der Waals surface area contributed by atoms with Crippen LogP contribution in [0.2, 0.25) is 0 Å². The van der Waals surface area contributed by atoms with Crippen molar-refractivity contribution in [2.24, 2.45) is 0 Å². The summed E-state index contributed by atoms with van der Waals surface area (Å²) in [6.07, 6.45) is 2.65. The van der Waals surface area contributed by atoms with Gasteiger partial charge in [-0.3, -0.25) is 10.9 Å². The lowest BCUT2D eigenvalue weighted by molar-refractivity contribution is 0.443. The van der Waals surface area contributed by atoms with Crippen molar-refractivity contribution in [3.8, 4) is 0 Å². The van der Waals surface area contributed by atoms with Crippen molar-refractivity contribution < 1.29 is 0 Å². The monoisotopic (exact) mass is 246 g/mol. The van der Waals surface area contributed by atoms with Crippen LogP contribution in [0.1, 0.15) is 12.8 Å². The molecule has 1 rings (SSSR count). The molecule has 0 unspecified atom stereocenters. The van der Waals surface area contributed by atoms with Crippen LogP contribution >= 0.6 is 34.0 Å². The molecule has 52 valence electrons. The maximum atomic E-state index is 3.03. The van der Waals surface area contributed by atoms with Gasteiger partial charge in [-0.15, -0.1) is 34.0 Å². The summed E-state index contributed by atoms with van der Waals surface area (Å²) in [5.74, 6) is 0. The Labute approximate surface area is 70.9 Å². The molecule has 0 radical (unpaired) electrons. The van der Waals surface area contributed by atoms with E-state index in [2.05, 4.69) is 10.9 Å². The van der Waals surface area contributed by atoms with Gasteiger partial charge in [0, 0.05) is 13.1 Å². The lowest BCUT2D eigenvalue weighted by Crippen LogP contribution is -2.37. The molecule has 0 aromatic carbocycles. The molecule has 0 aliphatic carbocycles. The highest BCUT2D eigenvalue weighted by molar-refractivity contribution is 8.93. The van der Waals surface area contributed by atoms with E-state index in [0.717, 1.165) is 13.1 Å². The van der Waals surface area contributed by atoms with Crippen molar-refractivity contribution in [2.45, 2.75) is 12.8 Å². The third kappa shape index (κ3) is 5.03. The van der Waals surface area contributed by atoms with Crippen LogP contribution in [0, 0.1) is 0 Å². The minimum atomic E-state index is 0. The minimum Gasteiger partial charge on any atom is -0.258 e. The van der Waals surface area contributed by atoms with Crippen molar-refractivity contribution in [3.63, 3.8) is 0 Å². The highest BCUT2D eigenvalue weighted by Gasteiger charge is 1.92. The number of nitrogens with one attached hydrogen (secondary N) is 2. The average molecular weight is 248 g/mol. The van der Waals surface area contributed by atoms with E-state index in [1.165, 1.54) is 12.8 Å². The zero-order valence-corrected chi connectivity index (χ0v) is 8.07. The van der Waals surface area contributed by atoms with Crippen molar-refractivity contribution in [1.82, 2.24) is 10.9 Å². The van der Waals surface area contributed by atoms with Crippen LogP contribution in [-0.4, -0.2) is 13.1 Å². The standard InChI is InChI=1S/C4H10N2.2BrH/c1-2-4-6-5-3-1;;/h5-6H,1-4H2;2*1H. The Hall–Kier alpha value is 0.880. The van der Waals surface area contributed by atoms with E-state index < -0.39 is 0 Å². The summed E-state index contributed by atoms with van der Waals surface area (Å²) in [5.41, 5.74) is 6.07. The topological polar surface area (TPSA) is 24.1 Å². The number of hydrazine groups is 1. The third-order valence-electron chi connectivity index (χ3n) is 0.979. The molecule has 0 atom stereocenters. The Morgan fingerprint density at radius 2 is 1.12 bits per heavy atom. The van der Waals surface area contributed by atoms with Crippen molar-refractivity contribution in [2.75, 3.05) is 13.1 Å². The van der Waals surface area contributed by atoms with Gasteiger partial charge in [0.05, 0.1) is 0 Å². The Morgan fingerprint density at radius 3 is 1.25 bits per heavy atom. The van der Waals surface area contributed by atoms with Gasteiger partial charge in [-0.05, 0) is 12.8 Å². The predicted octanol–water partition coefficient (Wildman–Crippen LogP) is 1.03. The van der Waals surface area contributed by atoms with Gasteiger partial charge >= 0.3 is 0 Å². The van der Waals surface area contributed by atoms with Gasteiger partial charge in [0.1, 0.15) is 0 Å². The lowest BCUT2D eigenvalue weighted by Gasteiger charge is -2.10. The van der Waals surface area contributed by atoms with Gasteiger partial charge in [0.15, 0.2) is 0 Å². The predicted molar refractivity (Wildman–Crippen MR) is 45.9 cm³/mol. The zero-order valence-electron chi connectivity index (χ0n) is 4.64. The van der Waals surface area contributed by atoms with Crippen molar-refractivity contribution in [1.29, 1.82) is 0 Å². The molecule has 0 aromatic rings. The van der Waals surface area contributed by atoms with Gasteiger partial charge in [0.25, 0.3) is 0 Å². The summed E-state index contributed by atoms with van der Waals surface area (Å²) >= 11 is 0. The summed E-state index contributed by atoms with van der Waals surface area (Å²) in [4.78, 5) is 0. The SMILES string of the molecule is Br.Br.C1CCNNC1. The zero-order chi connectivity index (χ0) is 4.24. The molecule has 0 amide bonds. The molecule has 1 fully saturated rings. The molecule has 1 saturated heterocycles. The van der Waals surface area contributed by atoms with Crippen LogP contribution in [0.5, 0.6) is 0 Å². The number of hydrogen-bond donors (Lipinski definition) is 2. The van der Waals surface area contributed by atoms with Crippen molar-refractivity contribution >= 4 is 34.0 Å². The molecule has 0 saturated carbocycles. The second kappa shape index (κ2) is 7.88. The Balaban J connectivity index is 0. The Morgan fingerprint density at radius 1 is 0.750 bits per heavy atom. The number of rotatable bonds is 0. The molecule has 0 aromatic heterocycles. The molecule has 2 nitrogen and oxygen atoms in total. The quantitative estimate of drug-likeness (QED) is 0.669. The van der Waals surface area contributed by atoms with Gasteiger partial charge in [-0.25, -0.2) is 0 Å². The summed E-state index contributed by atoms with van der Waals surface area (Å²) in [6, 6.07) is 0. The van der Waals surface area contributed by atoms with E-state index in [1.54, 1.807) is 0 Å². The fourth-order valence-corrected chi connectivity index (χ4v) is 0.604. The molecule has 0 spiro atoms. The van der Waals surface area contributed by atoms with Crippen LogP contribution in [-0.2, 0) is 0 Å². The van der Waals surface area contributed by atoms with Gasteiger partial charge in [-0.1, -0.05) is 0 Å². The van der Waals surface area contributed by atoms with Crippen LogP contribution in [0.4, 0.5) is 0 Å². The summed E-state index contributed by atoms with van der Waals surface area (Å²) in [5, 5.41) is 0. The molecular formula is C4H12Br2N2. The average Bonchev–Trinajstić information content (AvgIpc) is 1.72. The van der Waals surface area contributed by atoms with E-state index in [9.17, 15) is 0 Å². The van der Waals surface area contributed by atoms with E-state index in [4.69, 9.17) is 0 Å². The van der Waals surface area contributed by atoms with E-state index in [-0.39, 0.29) is 34.0 Å². The smallest absolute Gasteiger partial charge is 0.0100 e. The molecule has 8 heavy (non-hydrogen) atoms. The molecule has 2 N–H and O–H groups in total. The van der Waals surface area contributed by atoms with Crippen LogP contribution in [0.3, 0.4) is 0 Å². The first-order valence-electron chi connectivity index (χ1n) is 2.46. The highest BCUT2D eigenvalue weighted by atomic mass is 79.9. The Kier molecular flexibility index (Phi) is 11.5. The van der Waals surface area contributed by atoms with Gasteiger partial charge in [-0.2, -0.15) is 0 Å². The maximum absolute atomic E-state index is 3.03. The lowest BCUT2D eigenvalue weighted by atomic mass is 10.3. The Bertz CT molecular complexity index is 27.5. The van der Waals surface area contributed by atoms with Crippen LogP contribution in [0.15, 0.2) is 0 Å². The first-order valence-corrected chi connectivity index (χ1v) is 2.46. The molecular weight excluding hydrogens is 236 g/mol. The first kappa shape index (κ1) is 11.6. The van der Waals surface area contributed by atoms with Crippen LogP contribution in [0.25, 0.3) is 0 Å². The summed E-state index contributed by atoms with van der Waals surface area (Å²) in [7, 11) is 0. The van der Waals surface area contributed by atoms with Crippen molar-refractivity contribution in [3.05, 3.63) is 0 Å². The maximum Gasteiger partial charge on any atom is 0.0100 e. The van der Waals surface area contributed by atoms with E-state index >= 15 is 0 Å². The first-order chi connectivity index (χ1) is 3.00.